The summed E-state index contributed by atoms with van der Waals surface area (Å²) in [5.74, 6) is 0. The quantitative estimate of drug-likeness (QED) is 0.608. The molecule has 0 radical (unpaired) electrons. The third-order valence-electron chi connectivity index (χ3n) is 4.92. The van der Waals surface area contributed by atoms with Crippen LogP contribution in [0.4, 0.5) is 11.4 Å². The maximum atomic E-state index is 3.53. The monoisotopic (exact) mass is 299 g/mol. The fraction of sp³-hybridized carbons (Fsp3) is 0.182. The maximum absolute atomic E-state index is 3.53. The van der Waals surface area contributed by atoms with Crippen molar-refractivity contribution in [2.75, 3.05) is 5.32 Å². The summed E-state index contributed by atoms with van der Waals surface area (Å²) in [5.41, 5.74) is 9.16. The Balaban J connectivity index is 1.75. The van der Waals surface area contributed by atoms with E-state index in [9.17, 15) is 0 Å². The molecule has 0 saturated heterocycles. The summed E-state index contributed by atoms with van der Waals surface area (Å²) in [4.78, 5) is 0. The second-order valence-corrected chi connectivity index (χ2v) is 6.92. The van der Waals surface area contributed by atoms with Crippen molar-refractivity contribution in [2.45, 2.75) is 26.2 Å². The van der Waals surface area contributed by atoms with Crippen molar-refractivity contribution in [1.29, 1.82) is 0 Å². The first-order chi connectivity index (χ1) is 11.1. The smallest absolute Gasteiger partial charge is 0.0387 e. The fourth-order valence-electron chi connectivity index (χ4n) is 3.59. The number of rotatable bonds is 2. The Labute approximate surface area is 138 Å². The number of hydrogen-bond donors (Lipinski definition) is 1. The van der Waals surface area contributed by atoms with Crippen LogP contribution in [0.5, 0.6) is 0 Å². The lowest BCUT2D eigenvalue weighted by atomic mass is 9.82. The van der Waals surface area contributed by atoms with Crippen molar-refractivity contribution in [1.82, 2.24) is 0 Å². The summed E-state index contributed by atoms with van der Waals surface area (Å²) in [6.45, 7) is 6.74. The molecule has 23 heavy (non-hydrogen) atoms. The molecule has 1 nitrogen and oxygen atoms in total. The van der Waals surface area contributed by atoms with Crippen molar-refractivity contribution in [3.63, 3.8) is 0 Å². The normalized spacial score (nSPS) is 14.2. The van der Waals surface area contributed by atoms with E-state index >= 15 is 0 Å². The largest absolute Gasteiger partial charge is 0.356 e. The molecule has 0 bridgehead atoms. The van der Waals surface area contributed by atoms with Gasteiger partial charge in [-0.1, -0.05) is 61.9 Å². The van der Waals surface area contributed by atoms with Gasteiger partial charge in [0.25, 0.3) is 0 Å². The van der Waals surface area contributed by atoms with E-state index in [4.69, 9.17) is 0 Å². The lowest BCUT2D eigenvalue weighted by Crippen LogP contribution is -2.15. The van der Waals surface area contributed by atoms with Crippen LogP contribution in [0, 0.1) is 6.92 Å². The van der Waals surface area contributed by atoms with Crippen LogP contribution in [0.1, 0.15) is 30.5 Å². The van der Waals surface area contributed by atoms with E-state index in [-0.39, 0.29) is 5.41 Å². The Kier molecular flexibility index (Phi) is 3.05. The molecule has 0 amide bonds. The molecule has 0 fully saturated rings. The minimum Gasteiger partial charge on any atom is -0.356 e. The van der Waals surface area contributed by atoms with Gasteiger partial charge in [-0.05, 0) is 53.4 Å². The maximum Gasteiger partial charge on any atom is 0.0387 e. The van der Waals surface area contributed by atoms with Crippen LogP contribution in [0.3, 0.4) is 0 Å². The molecule has 0 atom stereocenters. The van der Waals surface area contributed by atoms with Crippen LogP contribution in [0.2, 0.25) is 0 Å². The van der Waals surface area contributed by atoms with Gasteiger partial charge in [0, 0.05) is 16.8 Å². The molecule has 0 heterocycles. The van der Waals surface area contributed by atoms with E-state index in [1.807, 2.05) is 0 Å². The molecular weight excluding hydrogens is 278 g/mol. The first-order valence-corrected chi connectivity index (χ1v) is 8.14. The van der Waals surface area contributed by atoms with E-state index < -0.39 is 0 Å². The number of hydrogen-bond acceptors (Lipinski definition) is 1. The van der Waals surface area contributed by atoms with E-state index in [2.05, 4.69) is 92.8 Å². The van der Waals surface area contributed by atoms with Gasteiger partial charge in [-0.15, -0.1) is 0 Å². The fourth-order valence-corrected chi connectivity index (χ4v) is 3.59. The Morgan fingerprint density at radius 3 is 2.13 bits per heavy atom. The van der Waals surface area contributed by atoms with E-state index in [0.717, 1.165) is 11.4 Å². The molecule has 4 rings (SSSR count). The average Bonchev–Trinajstić information content (AvgIpc) is 2.78. The van der Waals surface area contributed by atoms with Crippen LogP contribution >= 0.6 is 0 Å². The van der Waals surface area contributed by atoms with Gasteiger partial charge >= 0.3 is 0 Å². The first kappa shape index (κ1) is 14.1. The molecule has 1 N–H and O–H groups in total. The molecular formula is C22H21N. The minimum absolute atomic E-state index is 0.0525. The molecule has 0 aromatic heterocycles. The van der Waals surface area contributed by atoms with E-state index in [1.54, 1.807) is 0 Å². The second kappa shape index (κ2) is 4.99. The van der Waals surface area contributed by atoms with Crippen LogP contribution < -0.4 is 5.32 Å². The van der Waals surface area contributed by atoms with Gasteiger partial charge in [0.1, 0.15) is 0 Å². The Bertz CT molecular complexity index is 873. The lowest BCUT2D eigenvalue weighted by molar-refractivity contribution is 0.660. The lowest BCUT2D eigenvalue weighted by Gasteiger charge is -2.22. The van der Waals surface area contributed by atoms with Crippen molar-refractivity contribution >= 4 is 11.4 Å². The van der Waals surface area contributed by atoms with Gasteiger partial charge in [-0.25, -0.2) is 0 Å². The van der Waals surface area contributed by atoms with Crippen LogP contribution in [0.25, 0.3) is 11.1 Å². The van der Waals surface area contributed by atoms with Crippen molar-refractivity contribution in [2.24, 2.45) is 0 Å². The predicted octanol–water partition coefficient (Wildman–Crippen LogP) is 6.04. The molecule has 0 unspecified atom stereocenters. The molecule has 114 valence electrons. The molecule has 1 heteroatoms. The molecule has 1 aliphatic rings. The van der Waals surface area contributed by atoms with Crippen molar-refractivity contribution in [3.05, 3.63) is 83.4 Å². The van der Waals surface area contributed by atoms with Gasteiger partial charge < -0.3 is 5.32 Å². The zero-order valence-electron chi connectivity index (χ0n) is 13.9. The topological polar surface area (TPSA) is 12.0 Å². The van der Waals surface area contributed by atoms with Gasteiger partial charge in [-0.2, -0.15) is 0 Å². The van der Waals surface area contributed by atoms with Crippen LogP contribution in [-0.4, -0.2) is 0 Å². The zero-order valence-corrected chi connectivity index (χ0v) is 13.9. The third-order valence-corrected chi connectivity index (χ3v) is 4.92. The van der Waals surface area contributed by atoms with Crippen molar-refractivity contribution in [3.8, 4) is 11.1 Å². The average molecular weight is 299 g/mol. The van der Waals surface area contributed by atoms with Gasteiger partial charge in [0.15, 0.2) is 0 Å². The molecule has 3 aromatic rings. The summed E-state index contributed by atoms with van der Waals surface area (Å²) >= 11 is 0. The summed E-state index contributed by atoms with van der Waals surface area (Å²) in [6.07, 6.45) is 0. The predicted molar refractivity (Wildman–Crippen MR) is 98.5 cm³/mol. The molecule has 0 aliphatic heterocycles. The highest BCUT2D eigenvalue weighted by molar-refractivity contribution is 5.82. The number of nitrogens with one attached hydrogen (secondary N) is 1. The number of anilines is 2. The van der Waals surface area contributed by atoms with Gasteiger partial charge in [-0.3, -0.25) is 0 Å². The zero-order chi connectivity index (χ0) is 16.0. The SMILES string of the molecule is Cc1ccc(Nc2ccc3c(c2)C(C)(C)c2ccccc2-3)cc1. The molecule has 0 spiro atoms. The van der Waals surface area contributed by atoms with Gasteiger partial charge in [0.2, 0.25) is 0 Å². The number of fused-ring (bicyclic) bond motifs is 3. The first-order valence-electron chi connectivity index (χ1n) is 8.14. The second-order valence-electron chi connectivity index (χ2n) is 6.92. The summed E-state index contributed by atoms with van der Waals surface area (Å²) in [6, 6.07) is 24.0. The van der Waals surface area contributed by atoms with Gasteiger partial charge in [0.05, 0.1) is 0 Å². The third kappa shape index (κ3) is 2.24. The van der Waals surface area contributed by atoms with E-state index in [1.165, 1.54) is 27.8 Å². The number of aryl methyl sites for hydroxylation is 1. The Morgan fingerprint density at radius 1 is 0.696 bits per heavy atom. The molecule has 1 aliphatic carbocycles. The summed E-state index contributed by atoms with van der Waals surface area (Å²) in [7, 11) is 0. The minimum atomic E-state index is 0.0525. The van der Waals surface area contributed by atoms with Crippen LogP contribution in [0.15, 0.2) is 66.7 Å². The summed E-state index contributed by atoms with van der Waals surface area (Å²) in [5, 5.41) is 3.53. The number of benzene rings is 3. The highest BCUT2D eigenvalue weighted by atomic mass is 14.9. The highest BCUT2D eigenvalue weighted by Gasteiger charge is 2.35. The van der Waals surface area contributed by atoms with E-state index in [0.29, 0.717) is 0 Å². The van der Waals surface area contributed by atoms with Crippen LogP contribution in [-0.2, 0) is 5.41 Å². The summed E-state index contributed by atoms with van der Waals surface area (Å²) < 4.78 is 0. The highest BCUT2D eigenvalue weighted by Crippen LogP contribution is 2.49. The molecule has 0 saturated carbocycles. The standard InChI is InChI=1S/C22H21N/c1-15-8-10-16(11-9-15)23-17-12-13-19-18-6-4-5-7-20(18)22(2,3)21(19)14-17/h4-14,23H,1-3H3. The van der Waals surface area contributed by atoms with Crippen molar-refractivity contribution < 1.29 is 0 Å². The Morgan fingerprint density at radius 2 is 1.35 bits per heavy atom. The Hall–Kier alpha value is -2.54. The molecule has 3 aromatic carbocycles.